The first-order chi connectivity index (χ1) is 30.1. The zero-order valence-corrected chi connectivity index (χ0v) is 34.3. The molecule has 9 atom stereocenters. The summed E-state index contributed by atoms with van der Waals surface area (Å²) in [6, 6.07) is 1.33. The Morgan fingerprint density at radius 1 is 0.952 bits per heavy atom. The number of amides is 7. The monoisotopic (exact) mass is 879 g/mol. The van der Waals surface area contributed by atoms with Crippen molar-refractivity contribution < 1.29 is 63.5 Å². The van der Waals surface area contributed by atoms with Crippen molar-refractivity contribution in [1.29, 1.82) is 0 Å². The van der Waals surface area contributed by atoms with Crippen molar-refractivity contribution >= 4 is 64.2 Å². The highest BCUT2D eigenvalue weighted by atomic mass is 16.6. The molecule has 6 rings (SSSR count). The van der Waals surface area contributed by atoms with Gasteiger partial charge in [-0.15, -0.1) is 0 Å². The number of imide groups is 1. The maximum absolute atomic E-state index is 13.5. The lowest BCUT2D eigenvalue weighted by Gasteiger charge is -2.43. The van der Waals surface area contributed by atoms with Crippen LogP contribution in [0.2, 0.25) is 0 Å². The Balaban J connectivity index is 0.964. The van der Waals surface area contributed by atoms with Crippen molar-refractivity contribution in [1.82, 2.24) is 45.7 Å². The van der Waals surface area contributed by atoms with Gasteiger partial charge in [-0.1, -0.05) is 26.0 Å². The summed E-state index contributed by atoms with van der Waals surface area (Å²) >= 11 is 0. The Morgan fingerprint density at radius 3 is 2.35 bits per heavy atom. The standard InChI is InChI=1S/C39H49N11O13/c1-18(2)27(46-24(53)11-13-49-25(54)8-9-26(49)55)36(59)44-19(3)35(58)45-21-6-4-20(5-7-21)15-62-39(61)50-12-10-22(52)30(50)37(60)47-28-23(14-51)63-38(32(57)31(28)56)48-34-29-33(41-16-40-29)42-17-43-34/h4-9,16-19,22-23,27-28,30-32,38,51-52,56-57H,10-15H2,1-3H3,(H,44,59)(H,45,58)(H,46,53)(H,47,60)(H2,40,41,42,43,48)/t19-,22+,23-,27-,28-,30-,31+,32-,38-/m0/s1. The van der Waals surface area contributed by atoms with E-state index in [0.717, 1.165) is 22.0 Å². The van der Waals surface area contributed by atoms with Gasteiger partial charge in [-0.3, -0.25) is 38.6 Å². The topological polar surface area (TPSA) is 340 Å². The second-order valence-corrected chi connectivity index (χ2v) is 15.4. The number of H-pyrrole nitrogens is 1. The lowest BCUT2D eigenvalue weighted by Crippen LogP contribution is -2.67. The molecule has 0 bridgehead atoms. The molecular formula is C39H49N11O13. The molecule has 24 heteroatoms. The van der Waals surface area contributed by atoms with E-state index in [0.29, 0.717) is 22.4 Å². The molecule has 2 aromatic heterocycles. The van der Waals surface area contributed by atoms with Crippen LogP contribution in [-0.4, -0.2) is 166 Å². The Labute approximate surface area is 358 Å². The first-order valence-corrected chi connectivity index (χ1v) is 20.0. The molecule has 0 aliphatic carbocycles. The largest absolute Gasteiger partial charge is 0.445 e. The molecule has 0 radical (unpaired) electrons. The van der Waals surface area contributed by atoms with E-state index in [1.165, 1.54) is 31.7 Å². The molecule has 3 aliphatic heterocycles. The van der Waals surface area contributed by atoms with E-state index < -0.39 is 103 Å². The van der Waals surface area contributed by atoms with Crippen LogP contribution < -0.4 is 26.6 Å². The first-order valence-electron chi connectivity index (χ1n) is 20.0. The third kappa shape index (κ3) is 10.7. The number of ether oxygens (including phenoxy) is 2. The van der Waals surface area contributed by atoms with Crippen LogP contribution in [0.3, 0.4) is 0 Å². The molecule has 3 aliphatic rings. The Hall–Kier alpha value is -6.60. The molecule has 1 aromatic carbocycles. The summed E-state index contributed by atoms with van der Waals surface area (Å²) in [6.07, 6.45) is -3.46. The third-order valence-electron chi connectivity index (χ3n) is 10.7. The van der Waals surface area contributed by atoms with Gasteiger partial charge in [-0.25, -0.2) is 19.7 Å². The highest BCUT2D eigenvalue weighted by Crippen LogP contribution is 2.26. The van der Waals surface area contributed by atoms with E-state index in [9.17, 15) is 54.0 Å². The van der Waals surface area contributed by atoms with Crippen LogP contribution in [0, 0.1) is 5.92 Å². The van der Waals surface area contributed by atoms with Crippen molar-refractivity contribution in [3.05, 3.63) is 54.6 Å². The van der Waals surface area contributed by atoms with Crippen molar-refractivity contribution in [2.45, 2.75) is 95.0 Å². The molecule has 2 fully saturated rings. The zero-order valence-electron chi connectivity index (χ0n) is 34.3. The minimum absolute atomic E-state index is 0.0271. The molecule has 7 amide bonds. The molecule has 10 N–H and O–H groups in total. The van der Waals surface area contributed by atoms with Crippen molar-refractivity contribution in [2.24, 2.45) is 5.92 Å². The number of aliphatic hydroxyl groups is 4. The summed E-state index contributed by atoms with van der Waals surface area (Å²) in [4.78, 5) is 106. The fraction of sp³-hybridized carbons (Fsp3) is 0.487. The quantitative estimate of drug-likeness (QED) is 0.0658. The molecule has 24 nitrogen and oxygen atoms in total. The Bertz CT molecular complexity index is 2200. The molecule has 2 saturated heterocycles. The second kappa shape index (κ2) is 20.1. The number of hydrogen-bond acceptors (Lipinski definition) is 17. The van der Waals surface area contributed by atoms with Crippen LogP contribution in [0.15, 0.2) is 49.1 Å². The molecule has 338 valence electrons. The van der Waals surface area contributed by atoms with Crippen LogP contribution in [0.25, 0.3) is 11.2 Å². The number of anilines is 2. The molecule has 0 unspecified atom stereocenters. The number of imidazole rings is 1. The predicted octanol–water partition coefficient (Wildman–Crippen LogP) is -2.64. The van der Waals surface area contributed by atoms with Crippen LogP contribution in [0.5, 0.6) is 0 Å². The summed E-state index contributed by atoms with van der Waals surface area (Å²) in [5.74, 6) is -3.88. The lowest BCUT2D eigenvalue weighted by atomic mass is 9.94. The van der Waals surface area contributed by atoms with Gasteiger partial charge in [0.15, 0.2) is 17.7 Å². The Kier molecular flexibility index (Phi) is 14.6. The van der Waals surface area contributed by atoms with E-state index in [2.05, 4.69) is 46.5 Å². The van der Waals surface area contributed by atoms with E-state index in [-0.39, 0.29) is 44.3 Å². The second-order valence-electron chi connectivity index (χ2n) is 15.4. The van der Waals surface area contributed by atoms with Gasteiger partial charge in [0.05, 0.1) is 25.1 Å². The minimum Gasteiger partial charge on any atom is -0.445 e. The molecule has 3 aromatic rings. The summed E-state index contributed by atoms with van der Waals surface area (Å²) in [7, 11) is 0. The van der Waals surface area contributed by atoms with Gasteiger partial charge < -0.3 is 61.5 Å². The van der Waals surface area contributed by atoms with Gasteiger partial charge in [0, 0.05) is 37.3 Å². The van der Waals surface area contributed by atoms with Gasteiger partial charge in [0.1, 0.15) is 54.9 Å². The van der Waals surface area contributed by atoms with Gasteiger partial charge in [0.2, 0.25) is 23.6 Å². The van der Waals surface area contributed by atoms with Crippen molar-refractivity contribution in [2.75, 3.05) is 30.3 Å². The highest BCUT2D eigenvalue weighted by molar-refractivity contribution is 6.13. The van der Waals surface area contributed by atoms with E-state index in [1.54, 1.807) is 26.0 Å². The van der Waals surface area contributed by atoms with E-state index in [4.69, 9.17) is 9.47 Å². The van der Waals surface area contributed by atoms with Gasteiger partial charge >= 0.3 is 6.09 Å². The Morgan fingerprint density at radius 2 is 1.67 bits per heavy atom. The van der Waals surface area contributed by atoms with Gasteiger partial charge in [-0.2, -0.15) is 0 Å². The molecule has 63 heavy (non-hydrogen) atoms. The average Bonchev–Trinajstić information content (AvgIpc) is 3.99. The maximum Gasteiger partial charge on any atom is 0.410 e. The SMILES string of the molecule is CC(C)[C@H](NC(=O)CCN1C(=O)C=CC1=O)C(=O)N[C@@H](C)C(=O)Nc1ccc(COC(=O)N2CC[C@@H](O)[C@H]2C(=O)N[C@@H]2[C@@H](O)[C@H](O)[C@@H](Nc3ncnc4nc[nH]c34)O[C@H]2CO)cc1. The van der Waals surface area contributed by atoms with E-state index in [1.807, 2.05) is 0 Å². The number of benzene rings is 1. The smallest absolute Gasteiger partial charge is 0.410 e. The number of carbonyl (C=O) groups is 7. The average molecular weight is 880 g/mol. The normalized spacial score (nSPS) is 24.3. The fourth-order valence-electron chi connectivity index (χ4n) is 7.15. The van der Waals surface area contributed by atoms with Crippen LogP contribution in [-0.2, 0) is 44.8 Å². The number of aromatic amines is 1. The maximum atomic E-state index is 13.5. The number of aliphatic hydroxyl groups excluding tert-OH is 4. The van der Waals surface area contributed by atoms with Crippen LogP contribution >= 0.6 is 0 Å². The summed E-state index contributed by atoms with van der Waals surface area (Å²) in [5.41, 5.74) is 1.56. The van der Waals surface area contributed by atoms with Gasteiger partial charge in [-0.05, 0) is 37.0 Å². The lowest BCUT2D eigenvalue weighted by molar-refractivity contribution is -0.186. The fourth-order valence-corrected chi connectivity index (χ4v) is 7.15. The summed E-state index contributed by atoms with van der Waals surface area (Å²) in [6.45, 7) is 3.70. The summed E-state index contributed by atoms with van der Waals surface area (Å²) in [5, 5.41) is 56.0. The number of nitrogens with one attached hydrogen (secondary N) is 6. The molecule has 0 spiro atoms. The number of nitrogens with zero attached hydrogens (tertiary/aromatic N) is 5. The van der Waals surface area contributed by atoms with E-state index >= 15 is 0 Å². The zero-order chi connectivity index (χ0) is 45.5. The first kappa shape index (κ1) is 45.9. The number of aromatic nitrogens is 4. The number of carbonyl (C=O) groups excluding carboxylic acids is 7. The molecule has 0 saturated carbocycles. The van der Waals surface area contributed by atoms with Crippen molar-refractivity contribution in [3.8, 4) is 0 Å². The van der Waals surface area contributed by atoms with Gasteiger partial charge in [0.25, 0.3) is 11.8 Å². The minimum atomic E-state index is -1.68. The number of fused-ring (bicyclic) bond motifs is 1. The highest BCUT2D eigenvalue weighted by Gasteiger charge is 2.48. The summed E-state index contributed by atoms with van der Waals surface area (Å²) < 4.78 is 11.2. The molecule has 5 heterocycles. The van der Waals surface area contributed by atoms with Crippen LogP contribution in [0.4, 0.5) is 16.3 Å². The number of hydrogen-bond donors (Lipinski definition) is 10. The predicted molar refractivity (Wildman–Crippen MR) is 216 cm³/mol. The van der Waals surface area contributed by atoms with Crippen LogP contribution in [0.1, 0.15) is 39.2 Å². The number of likely N-dealkylation sites (tertiary alicyclic amines) is 1. The number of rotatable bonds is 16. The van der Waals surface area contributed by atoms with Crippen molar-refractivity contribution in [3.63, 3.8) is 0 Å². The third-order valence-corrected chi connectivity index (χ3v) is 10.7. The molecular weight excluding hydrogens is 830 g/mol.